The van der Waals surface area contributed by atoms with Gasteiger partial charge in [-0.3, -0.25) is 0 Å². The Morgan fingerprint density at radius 3 is 2.34 bits per heavy atom. The number of anilines is 2. The van der Waals surface area contributed by atoms with E-state index in [-0.39, 0.29) is 6.03 Å². The van der Waals surface area contributed by atoms with Crippen LogP contribution in [-0.4, -0.2) is 44.2 Å². The molecule has 0 bridgehead atoms. The van der Waals surface area contributed by atoms with Crippen LogP contribution in [0.15, 0.2) is 78.9 Å². The first-order chi connectivity index (χ1) is 14.2. The van der Waals surface area contributed by atoms with E-state index in [1.165, 1.54) is 0 Å². The first-order valence-electron chi connectivity index (χ1n) is 9.84. The Kier molecular flexibility index (Phi) is 5.66. The van der Waals surface area contributed by atoms with E-state index in [2.05, 4.69) is 28.4 Å². The highest BCUT2D eigenvalue weighted by Gasteiger charge is 2.22. The van der Waals surface area contributed by atoms with Crippen LogP contribution in [0.5, 0.6) is 5.75 Å². The Labute approximate surface area is 171 Å². The fourth-order valence-electron chi connectivity index (χ4n) is 3.63. The van der Waals surface area contributed by atoms with E-state index in [1.807, 2.05) is 65.6 Å². The summed E-state index contributed by atoms with van der Waals surface area (Å²) in [6.07, 6.45) is 0. The van der Waals surface area contributed by atoms with Gasteiger partial charge in [-0.2, -0.15) is 0 Å². The van der Waals surface area contributed by atoms with Gasteiger partial charge in [0.05, 0.1) is 12.8 Å². The minimum Gasteiger partial charge on any atom is -0.497 e. The SMILES string of the molecule is COc1cccc(N2CCN(C(=O)Nc3ccccc3-c3ccccc3)CC2)c1. The summed E-state index contributed by atoms with van der Waals surface area (Å²) in [6, 6.07) is 26.0. The fourth-order valence-corrected chi connectivity index (χ4v) is 3.63. The van der Waals surface area contributed by atoms with E-state index >= 15 is 0 Å². The summed E-state index contributed by atoms with van der Waals surface area (Å²) >= 11 is 0. The molecule has 0 aliphatic carbocycles. The lowest BCUT2D eigenvalue weighted by Gasteiger charge is -2.36. The van der Waals surface area contributed by atoms with E-state index in [1.54, 1.807) is 7.11 Å². The van der Waals surface area contributed by atoms with Crippen LogP contribution in [0, 0.1) is 0 Å². The number of hydrogen-bond donors (Lipinski definition) is 1. The quantitative estimate of drug-likeness (QED) is 0.705. The molecule has 3 aromatic rings. The minimum absolute atomic E-state index is 0.0568. The number of benzene rings is 3. The lowest BCUT2D eigenvalue weighted by molar-refractivity contribution is 0.208. The van der Waals surface area contributed by atoms with Gasteiger partial charge in [0, 0.05) is 43.5 Å². The topological polar surface area (TPSA) is 44.8 Å². The van der Waals surface area contributed by atoms with Crippen LogP contribution in [0.3, 0.4) is 0 Å². The van der Waals surface area contributed by atoms with Gasteiger partial charge in [0.15, 0.2) is 0 Å². The maximum Gasteiger partial charge on any atom is 0.321 e. The number of piperazine rings is 1. The van der Waals surface area contributed by atoms with Crippen molar-refractivity contribution in [3.05, 3.63) is 78.9 Å². The summed E-state index contributed by atoms with van der Waals surface area (Å²) in [4.78, 5) is 17.0. The van der Waals surface area contributed by atoms with Crippen molar-refractivity contribution in [2.45, 2.75) is 0 Å². The van der Waals surface area contributed by atoms with Crippen LogP contribution in [0.25, 0.3) is 11.1 Å². The maximum absolute atomic E-state index is 12.9. The van der Waals surface area contributed by atoms with Gasteiger partial charge in [-0.1, -0.05) is 54.6 Å². The second-order valence-electron chi connectivity index (χ2n) is 7.02. The van der Waals surface area contributed by atoms with Gasteiger partial charge in [-0.05, 0) is 23.8 Å². The number of para-hydroxylation sites is 1. The number of nitrogens with one attached hydrogen (secondary N) is 1. The molecule has 0 aromatic heterocycles. The highest BCUT2D eigenvalue weighted by molar-refractivity contribution is 5.94. The second kappa shape index (κ2) is 8.69. The zero-order valence-electron chi connectivity index (χ0n) is 16.5. The Hall–Kier alpha value is -3.47. The van der Waals surface area contributed by atoms with Gasteiger partial charge in [-0.15, -0.1) is 0 Å². The van der Waals surface area contributed by atoms with Crippen molar-refractivity contribution in [3.8, 4) is 16.9 Å². The summed E-state index contributed by atoms with van der Waals surface area (Å²) in [5, 5.41) is 3.10. The molecule has 0 unspecified atom stereocenters. The lowest BCUT2D eigenvalue weighted by atomic mass is 10.0. The molecule has 1 aliphatic rings. The van der Waals surface area contributed by atoms with E-state index in [0.29, 0.717) is 13.1 Å². The predicted octanol–water partition coefficient (Wildman–Crippen LogP) is 4.72. The van der Waals surface area contributed by atoms with Crippen LogP contribution in [0.2, 0.25) is 0 Å². The summed E-state index contributed by atoms with van der Waals surface area (Å²) < 4.78 is 5.32. The highest BCUT2D eigenvalue weighted by atomic mass is 16.5. The van der Waals surface area contributed by atoms with Crippen LogP contribution in [0.1, 0.15) is 0 Å². The van der Waals surface area contributed by atoms with Gasteiger partial charge < -0.3 is 19.9 Å². The number of carbonyl (C=O) groups excluding carboxylic acids is 1. The third-order valence-electron chi connectivity index (χ3n) is 5.24. The molecule has 3 aromatic carbocycles. The number of urea groups is 1. The normalized spacial score (nSPS) is 13.8. The molecule has 1 aliphatic heterocycles. The largest absolute Gasteiger partial charge is 0.497 e. The fraction of sp³-hybridized carbons (Fsp3) is 0.208. The van der Waals surface area contributed by atoms with E-state index in [4.69, 9.17) is 4.74 Å². The Morgan fingerprint density at radius 1 is 0.862 bits per heavy atom. The molecule has 0 saturated carbocycles. The monoisotopic (exact) mass is 387 g/mol. The number of ether oxygens (including phenoxy) is 1. The average molecular weight is 387 g/mol. The Bertz CT molecular complexity index is 967. The maximum atomic E-state index is 12.9. The third kappa shape index (κ3) is 4.35. The third-order valence-corrected chi connectivity index (χ3v) is 5.24. The van der Waals surface area contributed by atoms with E-state index < -0.39 is 0 Å². The van der Waals surface area contributed by atoms with Crippen LogP contribution in [0.4, 0.5) is 16.2 Å². The van der Waals surface area contributed by atoms with E-state index in [0.717, 1.165) is 41.3 Å². The first-order valence-corrected chi connectivity index (χ1v) is 9.84. The highest BCUT2D eigenvalue weighted by Crippen LogP contribution is 2.28. The van der Waals surface area contributed by atoms with E-state index in [9.17, 15) is 4.79 Å². The van der Waals surface area contributed by atoms with Crippen molar-refractivity contribution in [1.82, 2.24) is 4.90 Å². The zero-order chi connectivity index (χ0) is 20.1. The van der Waals surface area contributed by atoms with Crippen molar-refractivity contribution in [3.63, 3.8) is 0 Å². The van der Waals surface area contributed by atoms with Gasteiger partial charge in [0.25, 0.3) is 0 Å². The molecule has 5 heteroatoms. The lowest BCUT2D eigenvalue weighted by Crippen LogP contribution is -2.50. The first kappa shape index (κ1) is 18.9. The zero-order valence-corrected chi connectivity index (χ0v) is 16.5. The molecule has 1 fully saturated rings. The molecule has 148 valence electrons. The van der Waals surface area contributed by atoms with Crippen molar-refractivity contribution in [2.75, 3.05) is 43.5 Å². The van der Waals surface area contributed by atoms with Crippen molar-refractivity contribution < 1.29 is 9.53 Å². The van der Waals surface area contributed by atoms with Gasteiger partial charge in [-0.25, -0.2) is 4.79 Å². The number of hydrogen-bond acceptors (Lipinski definition) is 3. The number of nitrogens with zero attached hydrogens (tertiary/aromatic N) is 2. The molecule has 1 saturated heterocycles. The summed E-state index contributed by atoms with van der Waals surface area (Å²) in [7, 11) is 1.68. The van der Waals surface area contributed by atoms with Crippen molar-refractivity contribution >= 4 is 17.4 Å². The van der Waals surface area contributed by atoms with Gasteiger partial charge in [0.2, 0.25) is 0 Å². The standard InChI is InChI=1S/C24H25N3O2/c1-29-21-11-7-10-20(18-21)26-14-16-27(17-15-26)24(28)25-23-13-6-5-12-22(23)19-8-3-2-4-9-19/h2-13,18H,14-17H2,1H3,(H,25,28). The Balaban J connectivity index is 1.41. The molecule has 5 nitrogen and oxygen atoms in total. The molecule has 29 heavy (non-hydrogen) atoms. The predicted molar refractivity (Wildman–Crippen MR) is 118 cm³/mol. The number of carbonyl (C=O) groups is 1. The Morgan fingerprint density at radius 2 is 1.59 bits per heavy atom. The second-order valence-corrected chi connectivity index (χ2v) is 7.02. The molecule has 0 spiro atoms. The molecule has 1 heterocycles. The van der Waals surface area contributed by atoms with Gasteiger partial charge >= 0.3 is 6.03 Å². The molecule has 1 N–H and O–H groups in total. The average Bonchev–Trinajstić information content (AvgIpc) is 2.80. The molecule has 0 radical (unpaired) electrons. The summed E-state index contributed by atoms with van der Waals surface area (Å²) in [5.74, 6) is 0.847. The summed E-state index contributed by atoms with van der Waals surface area (Å²) in [6.45, 7) is 2.94. The van der Waals surface area contributed by atoms with Crippen LogP contribution >= 0.6 is 0 Å². The number of amides is 2. The number of rotatable bonds is 4. The van der Waals surface area contributed by atoms with Crippen molar-refractivity contribution in [2.24, 2.45) is 0 Å². The van der Waals surface area contributed by atoms with Crippen molar-refractivity contribution in [1.29, 1.82) is 0 Å². The summed E-state index contributed by atoms with van der Waals surface area (Å²) in [5.41, 5.74) is 4.07. The minimum atomic E-state index is -0.0568. The van der Waals surface area contributed by atoms with Crippen LogP contribution in [-0.2, 0) is 0 Å². The molecular formula is C24H25N3O2. The molecule has 4 rings (SSSR count). The molecular weight excluding hydrogens is 362 g/mol. The smallest absolute Gasteiger partial charge is 0.321 e. The molecule has 0 atom stereocenters. The van der Waals surface area contributed by atoms with Gasteiger partial charge in [0.1, 0.15) is 5.75 Å². The van der Waals surface area contributed by atoms with Crippen LogP contribution < -0.4 is 15.0 Å². The molecule has 2 amide bonds. The number of methoxy groups -OCH3 is 1.